The van der Waals surface area contributed by atoms with Crippen LogP contribution in [0.1, 0.15) is 18.5 Å². The van der Waals surface area contributed by atoms with Gasteiger partial charge in [-0.1, -0.05) is 0 Å². The van der Waals surface area contributed by atoms with Gasteiger partial charge in [0.15, 0.2) is 17.2 Å². The number of nitrogen functional groups attached to an aromatic ring is 1. The molecule has 1 saturated carbocycles. The molecule has 0 spiro atoms. The van der Waals surface area contributed by atoms with Gasteiger partial charge in [-0.3, -0.25) is 0 Å². The Balaban J connectivity index is 1.76. The molecular weight excluding hydrogens is 306 g/mol. The zero-order chi connectivity index (χ0) is 16.7. The second-order valence-corrected chi connectivity index (χ2v) is 5.75. The molecule has 3 aromatic rings. The highest BCUT2D eigenvalue weighted by molar-refractivity contribution is 5.74. The Kier molecular flexibility index (Phi) is 3.13. The van der Waals surface area contributed by atoms with Gasteiger partial charge < -0.3 is 21.5 Å². The lowest BCUT2D eigenvalue weighted by Gasteiger charge is -2.11. The second-order valence-electron chi connectivity index (χ2n) is 5.75. The van der Waals surface area contributed by atoms with E-state index in [1.165, 1.54) is 16.8 Å². The predicted octanol–water partition coefficient (Wildman–Crippen LogP) is 2.21. The van der Waals surface area contributed by atoms with Crippen LogP contribution in [0.2, 0.25) is 0 Å². The molecule has 0 amide bonds. The first-order valence-corrected chi connectivity index (χ1v) is 7.55. The Labute approximate surface area is 137 Å². The molecule has 8 heteroatoms. The number of aromatic hydroxyl groups is 1. The van der Waals surface area contributed by atoms with E-state index < -0.39 is 0 Å². The lowest BCUT2D eigenvalue weighted by atomic mass is 10.2. The van der Waals surface area contributed by atoms with Crippen molar-refractivity contribution >= 4 is 28.5 Å². The Hall–Kier alpha value is -3.47. The highest BCUT2D eigenvalue weighted by atomic mass is 16.3. The number of imidazole rings is 1. The lowest BCUT2D eigenvalue weighted by molar-refractivity contribution is 0.478. The summed E-state index contributed by atoms with van der Waals surface area (Å²) in [4.78, 5) is 4.28. The van der Waals surface area contributed by atoms with E-state index in [1.807, 2.05) is 6.07 Å². The number of phenolic OH excluding ortho intramolecular Hbond substituents is 1. The van der Waals surface area contributed by atoms with Gasteiger partial charge in [0, 0.05) is 17.8 Å². The van der Waals surface area contributed by atoms with Gasteiger partial charge in [0.05, 0.1) is 17.6 Å². The summed E-state index contributed by atoms with van der Waals surface area (Å²) in [6, 6.07) is 9.21. The molecule has 24 heavy (non-hydrogen) atoms. The van der Waals surface area contributed by atoms with Crippen LogP contribution < -0.4 is 16.4 Å². The van der Waals surface area contributed by atoms with Crippen LogP contribution in [0.5, 0.6) is 5.75 Å². The fourth-order valence-corrected chi connectivity index (χ4v) is 2.44. The predicted molar refractivity (Wildman–Crippen MR) is 90.1 cm³/mol. The summed E-state index contributed by atoms with van der Waals surface area (Å²) in [6.45, 7) is 0. The summed E-state index contributed by atoms with van der Waals surface area (Å²) in [6.07, 6.45) is 3.75. The number of nitrogens with one attached hydrogen (secondary N) is 2. The van der Waals surface area contributed by atoms with Crippen molar-refractivity contribution in [2.75, 3.05) is 16.4 Å². The molecule has 5 N–H and O–H groups in total. The van der Waals surface area contributed by atoms with Gasteiger partial charge in [0.2, 0.25) is 0 Å². The van der Waals surface area contributed by atoms with Crippen LogP contribution in [-0.4, -0.2) is 25.7 Å². The molecule has 1 aliphatic carbocycles. The number of fused-ring (bicyclic) bond motifs is 1. The molecular formula is C16H15N7O. The lowest BCUT2D eigenvalue weighted by Crippen LogP contribution is -2.07. The summed E-state index contributed by atoms with van der Waals surface area (Å²) < 4.78 is 1.51. The number of nitrogens with two attached hydrogens (primary N) is 1. The topological polar surface area (TPSA) is 124 Å². The highest BCUT2D eigenvalue weighted by Gasteiger charge is 2.23. The summed E-state index contributed by atoms with van der Waals surface area (Å²) in [5, 5.41) is 29.7. The van der Waals surface area contributed by atoms with Crippen molar-refractivity contribution in [1.82, 2.24) is 14.6 Å². The molecule has 1 aromatic carbocycles. The zero-order valence-electron chi connectivity index (χ0n) is 12.7. The van der Waals surface area contributed by atoms with Gasteiger partial charge in [-0.25, -0.2) is 4.98 Å². The van der Waals surface area contributed by atoms with Crippen molar-refractivity contribution in [2.45, 2.75) is 18.9 Å². The Morgan fingerprint density at radius 1 is 1.33 bits per heavy atom. The summed E-state index contributed by atoms with van der Waals surface area (Å²) in [5.41, 5.74) is 8.48. The van der Waals surface area contributed by atoms with E-state index in [0.717, 1.165) is 18.5 Å². The van der Waals surface area contributed by atoms with Gasteiger partial charge in [-0.05, 0) is 31.0 Å². The van der Waals surface area contributed by atoms with Crippen LogP contribution in [0, 0.1) is 11.3 Å². The zero-order valence-corrected chi connectivity index (χ0v) is 12.7. The minimum atomic E-state index is 0.0291. The van der Waals surface area contributed by atoms with Gasteiger partial charge in [-0.15, -0.1) is 5.10 Å². The number of nitrogens with zero attached hydrogens (tertiary/aromatic N) is 4. The average Bonchev–Trinajstić information content (AvgIpc) is 3.28. The van der Waals surface area contributed by atoms with Gasteiger partial charge >= 0.3 is 0 Å². The number of aromatic nitrogens is 3. The number of nitriles is 1. The molecule has 2 heterocycles. The molecule has 1 aliphatic rings. The molecule has 0 saturated heterocycles. The minimum absolute atomic E-state index is 0.0291. The van der Waals surface area contributed by atoms with Crippen LogP contribution in [0.4, 0.5) is 22.9 Å². The van der Waals surface area contributed by atoms with Crippen LogP contribution in [0.25, 0.3) is 5.65 Å². The first-order valence-electron chi connectivity index (χ1n) is 7.55. The summed E-state index contributed by atoms with van der Waals surface area (Å²) in [5.74, 6) is 0.576. The standard InChI is InChI=1S/C16H15N7O/c17-7-11-8-19-16-13(20-9-1-2-9)6-15(22-23(11)16)21-10-3-4-14(24)12(18)5-10/h3-6,8-9,20,24H,1-2,18H2,(H,21,22). The van der Waals surface area contributed by atoms with Crippen molar-refractivity contribution in [2.24, 2.45) is 0 Å². The van der Waals surface area contributed by atoms with Crippen LogP contribution in [-0.2, 0) is 0 Å². The Morgan fingerprint density at radius 2 is 2.17 bits per heavy atom. The van der Waals surface area contributed by atoms with Crippen molar-refractivity contribution in [1.29, 1.82) is 5.26 Å². The third kappa shape index (κ3) is 2.52. The molecule has 1 fully saturated rings. The fourth-order valence-electron chi connectivity index (χ4n) is 2.44. The van der Waals surface area contributed by atoms with Crippen molar-refractivity contribution in [3.63, 3.8) is 0 Å². The molecule has 0 radical (unpaired) electrons. The van der Waals surface area contributed by atoms with Crippen LogP contribution >= 0.6 is 0 Å². The Morgan fingerprint density at radius 3 is 2.88 bits per heavy atom. The number of anilines is 4. The van der Waals surface area contributed by atoms with E-state index >= 15 is 0 Å². The van der Waals surface area contributed by atoms with Crippen molar-refractivity contribution in [3.8, 4) is 11.8 Å². The van der Waals surface area contributed by atoms with E-state index in [4.69, 9.17) is 5.73 Å². The van der Waals surface area contributed by atoms with E-state index in [2.05, 4.69) is 26.8 Å². The molecule has 120 valence electrons. The van der Waals surface area contributed by atoms with Gasteiger partial charge in [0.25, 0.3) is 0 Å². The van der Waals surface area contributed by atoms with E-state index in [0.29, 0.717) is 28.9 Å². The number of hydrogen-bond acceptors (Lipinski definition) is 7. The van der Waals surface area contributed by atoms with Crippen LogP contribution in [0.3, 0.4) is 0 Å². The molecule has 0 aliphatic heterocycles. The van der Waals surface area contributed by atoms with Gasteiger partial charge in [0.1, 0.15) is 11.8 Å². The molecule has 0 unspecified atom stereocenters. The van der Waals surface area contributed by atoms with Crippen molar-refractivity contribution in [3.05, 3.63) is 36.2 Å². The first-order chi connectivity index (χ1) is 11.6. The van der Waals surface area contributed by atoms with E-state index in [-0.39, 0.29) is 11.4 Å². The quantitative estimate of drug-likeness (QED) is 0.330. The number of rotatable bonds is 4. The fraction of sp³-hybridized carbons (Fsp3) is 0.188. The van der Waals surface area contributed by atoms with Gasteiger partial charge in [-0.2, -0.15) is 9.78 Å². The van der Waals surface area contributed by atoms with Crippen LogP contribution in [0.15, 0.2) is 30.5 Å². The maximum absolute atomic E-state index is 9.52. The third-order valence-electron chi connectivity index (χ3n) is 3.82. The molecule has 0 atom stereocenters. The van der Waals surface area contributed by atoms with E-state index in [1.54, 1.807) is 12.1 Å². The average molecular weight is 321 g/mol. The molecule has 8 nitrogen and oxygen atoms in total. The highest BCUT2D eigenvalue weighted by Crippen LogP contribution is 2.30. The normalized spacial score (nSPS) is 13.6. The second kappa shape index (κ2) is 5.31. The number of benzene rings is 1. The minimum Gasteiger partial charge on any atom is -0.506 e. The Bertz CT molecular complexity index is 968. The monoisotopic (exact) mass is 321 g/mol. The smallest absolute Gasteiger partial charge is 0.178 e. The maximum atomic E-state index is 9.52. The SMILES string of the molecule is N#Cc1cnc2c(NC3CC3)cc(Nc3ccc(O)c(N)c3)nn12. The molecule has 2 aromatic heterocycles. The molecule has 4 rings (SSSR count). The number of hydrogen-bond donors (Lipinski definition) is 4. The summed E-state index contributed by atoms with van der Waals surface area (Å²) in [7, 11) is 0. The summed E-state index contributed by atoms with van der Waals surface area (Å²) >= 11 is 0. The third-order valence-corrected chi connectivity index (χ3v) is 3.82. The van der Waals surface area contributed by atoms with Crippen molar-refractivity contribution < 1.29 is 5.11 Å². The molecule has 0 bridgehead atoms. The number of phenols is 1. The largest absolute Gasteiger partial charge is 0.506 e. The maximum Gasteiger partial charge on any atom is 0.178 e. The van der Waals surface area contributed by atoms with E-state index in [9.17, 15) is 10.4 Å². The first kappa shape index (κ1) is 14.1.